The zero-order valence-corrected chi connectivity index (χ0v) is 9.44. The zero-order chi connectivity index (χ0) is 12.0. The molecule has 1 aliphatic heterocycles. The molecular weight excluding hydrogens is 212 g/mol. The number of ether oxygens (including phenoxy) is 1. The van der Waals surface area contributed by atoms with Crippen LogP contribution >= 0.6 is 0 Å². The molecule has 0 aromatic heterocycles. The Labute approximate surface area is 94.6 Å². The molecule has 6 nitrogen and oxygen atoms in total. The van der Waals surface area contributed by atoms with Gasteiger partial charge in [-0.1, -0.05) is 0 Å². The van der Waals surface area contributed by atoms with Gasteiger partial charge in [0, 0.05) is 26.8 Å². The fourth-order valence-corrected chi connectivity index (χ4v) is 1.60. The largest absolute Gasteiger partial charge is 0.480 e. The van der Waals surface area contributed by atoms with Crippen molar-refractivity contribution in [2.75, 3.05) is 33.4 Å². The third kappa shape index (κ3) is 4.48. The van der Waals surface area contributed by atoms with Crippen LogP contribution in [0.1, 0.15) is 12.8 Å². The van der Waals surface area contributed by atoms with E-state index in [-0.39, 0.29) is 12.6 Å². The van der Waals surface area contributed by atoms with Crippen molar-refractivity contribution in [3.8, 4) is 0 Å². The number of carboxylic acids is 1. The van der Waals surface area contributed by atoms with Crippen molar-refractivity contribution < 1.29 is 19.4 Å². The van der Waals surface area contributed by atoms with E-state index >= 15 is 0 Å². The fourth-order valence-electron chi connectivity index (χ4n) is 1.60. The Morgan fingerprint density at radius 2 is 2.31 bits per heavy atom. The van der Waals surface area contributed by atoms with Crippen molar-refractivity contribution >= 4 is 12.0 Å². The number of hydrogen-bond donors (Lipinski definition) is 2. The Bertz CT molecular complexity index is 251. The van der Waals surface area contributed by atoms with Crippen molar-refractivity contribution in [1.82, 2.24) is 10.2 Å². The molecule has 0 radical (unpaired) electrons. The molecule has 0 bridgehead atoms. The van der Waals surface area contributed by atoms with Gasteiger partial charge < -0.3 is 20.1 Å². The minimum absolute atomic E-state index is 0.279. The molecule has 1 saturated heterocycles. The summed E-state index contributed by atoms with van der Waals surface area (Å²) in [6, 6.07) is -0.346. The van der Waals surface area contributed by atoms with Crippen LogP contribution in [0.15, 0.2) is 0 Å². The Balaban J connectivity index is 2.11. The number of aliphatic carboxylic acids is 1. The Hall–Kier alpha value is -1.30. The summed E-state index contributed by atoms with van der Waals surface area (Å²) in [6.07, 6.45) is 1.92. The number of carboxylic acid groups (broad SMARTS) is 1. The molecule has 2 amide bonds. The van der Waals surface area contributed by atoms with E-state index in [9.17, 15) is 9.59 Å². The number of carbonyl (C=O) groups is 2. The second kappa shape index (κ2) is 6.32. The molecule has 2 N–H and O–H groups in total. The molecular formula is C10H18N2O4. The number of carbonyl (C=O) groups excluding carboxylic acids is 1. The molecule has 1 atom stereocenters. The number of amides is 2. The molecule has 1 aliphatic rings. The summed E-state index contributed by atoms with van der Waals surface area (Å²) in [5.74, 6) is -0.494. The molecule has 92 valence electrons. The van der Waals surface area contributed by atoms with Gasteiger partial charge in [-0.05, 0) is 18.8 Å². The molecule has 1 rings (SSSR count). The Kier molecular flexibility index (Phi) is 5.04. The van der Waals surface area contributed by atoms with Gasteiger partial charge in [0.2, 0.25) is 0 Å². The van der Waals surface area contributed by atoms with Gasteiger partial charge in [-0.25, -0.2) is 4.79 Å². The second-order valence-electron chi connectivity index (χ2n) is 4.00. The SMILES string of the molecule is CN(CC(=O)O)C(=O)NCCC1CCOC1. The maximum atomic E-state index is 11.4. The average molecular weight is 230 g/mol. The molecule has 0 aromatic carbocycles. The van der Waals surface area contributed by atoms with Crippen LogP contribution in [0.4, 0.5) is 4.79 Å². The van der Waals surface area contributed by atoms with Crippen molar-refractivity contribution in [2.24, 2.45) is 5.92 Å². The summed E-state index contributed by atoms with van der Waals surface area (Å²) < 4.78 is 5.21. The second-order valence-corrected chi connectivity index (χ2v) is 4.00. The molecule has 0 aromatic rings. The first-order valence-corrected chi connectivity index (χ1v) is 5.38. The predicted molar refractivity (Wildman–Crippen MR) is 57.2 cm³/mol. The minimum Gasteiger partial charge on any atom is -0.480 e. The number of urea groups is 1. The van der Waals surface area contributed by atoms with Gasteiger partial charge in [-0.3, -0.25) is 4.79 Å². The quantitative estimate of drug-likeness (QED) is 0.704. The lowest BCUT2D eigenvalue weighted by atomic mass is 10.1. The zero-order valence-electron chi connectivity index (χ0n) is 9.44. The van der Waals surface area contributed by atoms with Crippen molar-refractivity contribution in [3.63, 3.8) is 0 Å². The molecule has 1 unspecified atom stereocenters. The third-order valence-electron chi connectivity index (χ3n) is 2.57. The van der Waals surface area contributed by atoms with Crippen LogP contribution in [-0.4, -0.2) is 55.4 Å². The summed E-state index contributed by atoms with van der Waals surface area (Å²) in [7, 11) is 1.46. The normalized spacial score (nSPS) is 19.4. The highest BCUT2D eigenvalue weighted by Gasteiger charge is 2.16. The highest BCUT2D eigenvalue weighted by Crippen LogP contribution is 2.15. The van der Waals surface area contributed by atoms with Gasteiger partial charge in [0.15, 0.2) is 0 Å². The van der Waals surface area contributed by atoms with Crippen LogP contribution in [0.3, 0.4) is 0 Å². The van der Waals surface area contributed by atoms with Crippen molar-refractivity contribution in [3.05, 3.63) is 0 Å². The van der Waals surface area contributed by atoms with E-state index in [1.807, 2.05) is 0 Å². The highest BCUT2D eigenvalue weighted by molar-refractivity contribution is 5.79. The summed E-state index contributed by atoms with van der Waals surface area (Å²) >= 11 is 0. The van der Waals surface area contributed by atoms with E-state index in [0.29, 0.717) is 12.5 Å². The lowest BCUT2D eigenvalue weighted by Gasteiger charge is -2.16. The van der Waals surface area contributed by atoms with Gasteiger partial charge in [-0.2, -0.15) is 0 Å². The number of nitrogens with one attached hydrogen (secondary N) is 1. The summed E-state index contributed by atoms with van der Waals surface area (Å²) in [5.41, 5.74) is 0. The monoisotopic (exact) mass is 230 g/mol. The molecule has 1 heterocycles. The molecule has 6 heteroatoms. The fraction of sp³-hybridized carbons (Fsp3) is 0.800. The van der Waals surface area contributed by atoms with E-state index in [1.54, 1.807) is 0 Å². The van der Waals surface area contributed by atoms with Crippen molar-refractivity contribution in [1.29, 1.82) is 0 Å². The van der Waals surface area contributed by atoms with Gasteiger partial charge >= 0.3 is 12.0 Å². The van der Waals surface area contributed by atoms with Crippen LogP contribution in [-0.2, 0) is 9.53 Å². The topological polar surface area (TPSA) is 78.9 Å². The Morgan fingerprint density at radius 3 is 2.88 bits per heavy atom. The molecule has 0 saturated carbocycles. The smallest absolute Gasteiger partial charge is 0.323 e. The van der Waals surface area contributed by atoms with E-state index in [1.165, 1.54) is 7.05 Å². The first kappa shape index (κ1) is 12.8. The number of hydrogen-bond acceptors (Lipinski definition) is 3. The van der Waals surface area contributed by atoms with E-state index in [2.05, 4.69) is 5.32 Å². The first-order valence-electron chi connectivity index (χ1n) is 5.38. The number of nitrogens with zero attached hydrogens (tertiary/aromatic N) is 1. The van der Waals surface area contributed by atoms with E-state index < -0.39 is 5.97 Å². The average Bonchev–Trinajstić information content (AvgIpc) is 2.69. The van der Waals surface area contributed by atoms with Crippen LogP contribution in [0, 0.1) is 5.92 Å². The number of likely N-dealkylation sites (N-methyl/N-ethyl adjacent to an activating group) is 1. The van der Waals surface area contributed by atoms with E-state index in [4.69, 9.17) is 9.84 Å². The van der Waals surface area contributed by atoms with Crippen molar-refractivity contribution in [2.45, 2.75) is 12.8 Å². The predicted octanol–water partition coefficient (Wildman–Crippen LogP) is 0.139. The molecule has 0 spiro atoms. The standard InChI is InChI=1S/C10H18N2O4/c1-12(6-9(13)14)10(15)11-4-2-8-3-5-16-7-8/h8H,2-7H2,1H3,(H,11,15)(H,13,14). The maximum absolute atomic E-state index is 11.4. The lowest BCUT2D eigenvalue weighted by molar-refractivity contribution is -0.137. The molecule has 0 aliphatic carbocycles. The minimum atomic E-state index is -1.01. The lowest BCUT2D eigenvalue weighted by Crippen LogP contribution is -2.40. The number of rotatable bonds is 5. The van der Waals surface area contributed by atoms with Crippen LogP contribution in [0.25, 0.3) is 0 Å². The summed E-state index contributed by atoms with van der Waals surface area (Å²) in [4.78, 5) is 22.9. The third-order valence-corrected chi connectivity index (χ3v) is 2.57. The first-order chi connectivity index (χ1) is 7.59. The summed E-state index contributed by atoms with van der Waals surface area (Å²) in [6.45, 7) is 1.85. The van der Waals surface area contributed by atoms with Crippen LogP contribution < -0.4 is 5.32 Å². The van der Waals surface area contributed by atoms with Gasteiger partial charge in [0.25, 0.3) is 0 Å². The highest BCUT2D eigenvalue weighted by atomic mass is 16.5. The molecule has 16 heavy (non-hydrogen) atoms. The molecule has 1 fully saturated rings. The van der Waals surface area contributed by atoms with Gasteiger partial charge in [0.1, 0.15) is 6.54 Å². The van der Waals surface area contributed by atoms with Gasteiger partial charge in [-0.15, -0.1) is 0 Å². The summed E-state index contributed by atoms with van der Waals surface area (Å²) in [5, 5.41) is 11.2. The van der Waals surface area contributed by atoms with Crippen LogP contribution in [0.5, 0.6) is 0 Å². The maximum Gasteiger partial charge on any atom is 0.323 e. The van der Waals surface area contributed by atoms with Crippen LogP contribution in [0.2, 0.25) is 0 Å². The Morgan fingerprint density at radius 1 is 1.56 bits per heavy atom. The van der Waals surface area contributed by atoms with Gasteiger partial charge in [0.05, 0.1) is 0 Å². The van der Waals surface area contributed by atoms with E-state index in [0.717, 1.165) is 31.0 Å².